The number of alkyl halides is 3. The topological polar surface area (TPSA) is 66.5 Å². The summed E-state index contributed by atoms with van der Waals surface area (Å²) in [6.45, 7) is 1.74. The van der Waals surface area contributed by atoms with Crippen LogP contribution in [0, 0.1) is 6.92 Å². The molecule has 0 aliphatic carbocycles. The molecule has 4 aromatic carbocycles. The minimum atomic E-state index is -4.57. The molecule has 0 unspecified atom stereocenters. The zero-order valence-corrected chi connectivity index (χ0v) is 20.8. The van der Waals surface area contributed by atoms with Crippen molar-refractivity contribution in [3.63, 3.8) is 0 Å². The second-order valence-electron chi connectivity index (χ2n) is 8.55. The molecule has 1 N–H and O–H groups in total. The molecule has 5 nitrogen and oxygen atoms in total. The van der Waals surface area contributed by atoms with Crippen molar-refractivity contribution in [1.82, 2.24) is 4.72 Å². The molecule has 4 aromatic rings. The lowest BCUT2D eigenvalue weighted by Gasteiger charge is -2.25. The number of hydrogen-bond donors (Lipinski definition) is 1. The predicted octanol–water partition coefficient (Wildman–Crippen LogP) is 6.18. The molecule has 0 atom stereocenters. The first-order chi connectivity index (χ1) is 17.6. The third-order valence-corrected chi connectivity index (χ3v) is 7.51. The summed E-state index contributed by atoms with van der Waals surface area (Å²) in [5.41, 5.74) is 0.251. The molecule has 0 saturated carbocycles. The number of benzene rings is 4. The minimum Gasteiger partial charge on any atom is -0.308 e. The van der Waals surface area contributed by atoms with E-state index in [1.807, 2.05) is 18.2 Å². The molecule has 0 aromatic heterocycles. The summed E-state index contributed by atoms with van der Waals surface area (Å²) in [4.78, 5) is 14.8. The Labute approximate surface area is 213 Å². The number of nitrogens with one attached hydrogen (secondary N) is 1. The van der Waals surface area contributed by atoms with Crippen LogP contribution in [0.4, 0.5) is 18.9 Å². The van der Waals surface area contributed by atoms with Crippen LogP contribution in [-0.4, -0.2) is 27.4 Å². The van der Waals surface area contributed by atoms with E-state index in [9.17, 15) is 26.4 Å². The summed E-state index contributed by atoms with van der Waals surface area (Å²) in [5.74, 6) is -0.464. The lowest BCUT2D eigenvalue weighted by Crippen LogP contribution is -2.35. The second-order valence-corrected chi connectivity index (χ2v) is 10.3. The van der Waals surface area contributed by atoms with Crippen LogP contribution < -0.4 is 9.62 Å². The normalized spacial score (nSPS) is 12.0. The van der Waals surface area contributed by atoms with E-state index in [0.29, 0.717) is 16.5 Å². The van der Waals surface area contributed by atoms with Crippen molar-refractivity contribution >= 4 is 32.4 Å². The van der Waals surface area contributed by atoms with Gasteiger partial charge in [0.25, 0.3) is 5.91 Å². The molecule has 0 spiro atoms. The van der Waals surface area contributed by atoms with Crippen molar-refractivity contribution in [2.75, 3.05) is 18.0 Å². The predicted molar refractivity (Wildman–Crippen MR) is 138 cm³/mol. The summed E-state index contributed by atoms with van der Waals surface area (Å²) in [7, 11) is -3.86. The number of fused-ring (bicyclic) bond motifs is 1. The average Bonchev–Trinajstić information content (AvgIpc) is 2.88. The van der Waals surface area contributed by atoms with Crippen LogP contribution >= 0.6 is 0 Å². The number of carbonyl (C=O) groups excluding carboxylic acids is 1. The van der Waals surface area contributed by atoms with Gasteiger partial charge in [0.2, 0.25) is 10.0 Å². The van der Waals surface area contributed by atoms with Crippen LogP contribution in [-0.2, 0) is 16.2 Å². The summed E-state index contributed by atoms with van der Waals surface area (Å²) >= 11 is 0. The summed E-state index contributed by atoms with van der Waals surface area (Å²) in [6, 6.07) is 23.5. The summed E-state index contributed by atoms with van der Waals surface area (Å²) in [6.07, 6.45) is -4.39. The van der Waals surface area contributed by atoms with Crippen LogP contribution in [0.5, 0.6) is 0 Å². The molecule has 0 saturated heterocycles. The standard InChI is InChI=1S/C28H25F3N2O3S/c1-20-9-2-4-14-24(20)27(34)33(23-13-7-12-22(19-23)28(29,30)31)18-8-17-32-37(35,36)26-16-6-11-21-10-3-5-15-25(21)26/h2-7,9-16,19,32H,8,17-18H2,1H3. The zero-order chi connectivity index (χ0) is 26.6. The highest BCUT2D eigenvalue weighted by Gasteiger charge is 2.31. The van der Waals surface area contributed by atoms with E-state index in [1.165, 1.54) is 23.1 Å². The SMILES string of the molecule is Cc1ccccc1C(=O)N(CCCNS(=O)(=O)c1cccc2ccccc12)c1cccc(C(F)(F)F)c1. The molecule has 9 heteroatoms. The smallest absolute Gasteiger partial charge is 0.308 e. The van der Waals surface area contributed by atoms with Crippen LogP contribution in [0.3, 0.4) is 0 Å². The fourth-order valence-corrected chi connectivity index (χ4v) is 5.41. The van der Waals surface area contributed by atoms with Gasteiger partial charge in [0, 0.05) is 29.7 Å². The number of aryl methyl sites for hydroxylation is 1. The molecule has 0 aliphatic heterocycles. The quantitative estimate of drug-likeness (QED) is 0.279. The first-order valence-corrected chi connectivity index (χ1v) is 13.1. The molecule has 1 amide bonds. The number of hydrogen-bond acceptors (Lipinski definition) is 3. The number of sulfonamides is 1. The highest BCUT2D eigenvalue weighted by atomic mass is 32.2. The fraction of sp³-hybridized carbons (Fsp3) is 0.179. The van der Waals surface area contributed by atoms with Crippen LogP contribution in [0.15, 0.2) is 95.9 Å². The Hall–Kier alpha value is -3.69. The number of carbonyl (C=O) groups is 1. The van der Waals surface area contributed by atoms with Gasteiger partial charge in [-0.25, -0.2) is 13.1 Å². The number of nitrogens with zero attached hydrogens (tertiary/aromatic N) is 1. The lowest BCUT2D eigenvalue weighted by atomic mass is 10.1. The molecule has 37 heavy (non-hydrogen) atoms. The van der Waals surface area contributed by atoms with Crippen LogP contribution in [0.25, 0.3) is 10.8 Å². The van der Waals surface area contributed by atoms with E-state index in [-0.39, 0.29) is 30.1 Å². The molecule has 192 valence electrons. The maximum atomic E-state index is 13.4. The maximum Gasteiger partial charge on any atom is 0.416 e. The van der Waals surface area contributed by atoms with Gasteiger partial charge in [0.15, 0.2) is 0 Å². The summed E-state index contributed by atoms with van der Waals surface area (Å²) in [5, 5.41) is 1.36. The summed E-state index contributed by atoms with van der Waals surface area (Å²) < 4.78 is 68.6. The largest absolute Gasteiger partial charge is 0.416 e. The van der Waals surface area contributed by atoms with Gasteiger partial charge in [-0.15, -0.1) is 0 Å². The van der Waals surface area contributed by atoms with E-state index < -0.39 is 27.7 Å². The average molecular weight is 527 g/mol. The Morgan fingerprint density at radius 1 is 0.892 bits per heavy atom. The van der Waals surface area contributed by atoms with Gasteiger partial charge >= 0.3 is 6.18 Å². The van der Waals surface area contributed by atoms with Crippen molar-refractivity contribution in [2.24, 2.45) is 0 Å². The highest BCUT2D eigenvalue weighted by Crippen LogP contribution is 2.32. The van der Waals surface area contributed by atoms with Crippen molar-refractivity contribution < 1.29 is 26.4 Å². The van der Waals surface area contributed by atoms with Crippen molar-refractivity contribution in [3.05, 3.63) is 108 Å². The molecule has 0 aliphatic rings. The number of anilines is 1. The van der Waals surface area contributed by atoms with Gasteiger partial charge in [-0.2, -0.15) is 13.2 Å². The first-order valence-electron chi connectivity index (χ1n) is 11.6. The third-order valence-electron chi connectivity index (χ3n) is 6.00. The Kier molecular flexibility index (Phi) is 7.65. The highest BCUT2D eigenvalue weighted by molar-refractivity contribution is 7.89. The van der Waals surface area contributed by atoms with Gasteiger partial charge in [0.1, 0.15) is 0 Å². The molecule has 0 fully saturated rings. The Balaban J connectivity index is 1.55. The second kappa shape index (κ2) is 10.7. The van der Waals surface area contributed by atoms with Gasteiger partial charge in [-0.1, -0.05) is 60.7 Å². The van der Waals surface area contributed by atoms with E-state index >= 15 is 0 Å². The Bertz CT molecular complexity index is 1530. The van der Waals surface area contributed by atoms with Gasteiger partial charge in [-0.05, 0) is 54.6 Å². The van der Waals surface area contributed by atoms with Crippen molar-refractivity contribution in [2.45, 2.75) is 24.4 Å². The molecule has 4 rings (SSSR count). The number of rotatable bonds is 8. The molecular weight excluding hydrogens is 501 g/mol. The molecule has 0 radical (unpaired) electrons. The van der Waals surface area contributed by atoms with E-state index in [4.69, 9.17) is 0 Å². The zero-order valence-electron chi connectivity index (χ0n) is 20.0. The fourth-order valence-electron chi connectivity index (χ4n) is 4.11. The van der Waals surface area contributed by atoms with E-state index in [2.05, 4.69) is 4.72 Å². The van der Waals surface area contributed by atoms with Crippen molar-refractivity contribution in [1.29, 1.82) is 0 Å². The van der Waals surface area contributed by atoms with Gasteiger partial charge in [0.05, 0.1) is 10.5 Å². The number of halogens is 3. The first kappa shape index (κ1) is 26.4. The van der Waals surface area contributed by atoms with E-state index in [0.717, 1.165) is 17.5 Å². The monoisotopic (exact) mass is 526 g/mol. The molecule has 0 bridgehead atoms. The third kappa shape index (κ3) is 6.00. The Morgan fingerprint density at radius 3 is 2.32 bits per heavy atom. The number of amides is 1. The van der Waals surface area contributed by atoms with E-state index in [1.54, 1.807) is 49.4 Å². The molecule has 0 heterocycles. The molecular formula is C28H25F3N2O3S. The van der Waals surface area contributed by atoms with Gasteiger partial charge in [-0.3, -0.25) is 4.79 Å². The lowest BCUT2D eigenvalue weighted by molar-refractivity contribution is -0.137. The van der Waals surface area contributed by atoms with Crippen molar-refractivity contribution in [3.8, 4) is 0 Å². The Morgan fingerprint density at radius 2 is 1.57 bits per heavy atom. The van der Waals surface area contributed by atoms with Gasteiger partial charge < -0.3 is 4.90 Å². The maximum absolute atomic E-state index is 13.4. The van der Waals surface area contributed by atoms with Crippen LogP contribution in [0.1, 0.15) is 27.9 Å². The minimum absolute atomic E-state index is 0.00648. The van der Waals surface area contributed by atoms with Crippen LogP contribution in [0.2, 0.25) is 0 Å².